The average molecular weight is 231 g/mol. The van der Waals surface area contributed by atoms with E-state index in [1.165, 1.54) is 0 Å². The fourth-order valence-electron chi connectivity index (χ4n) is 2.03. The van der Waals surface area contributed by atoms with Crippen LogP contribution in [0.15, 0.2) is 27.9 Å². The average Bonchev–Trinajstić information content (AvgIpc) is 2.86. The van der Waals surface area contributed by atoms with Gasteiger partial charge in [-0.2, -0.15) is 5.10 Å². The quantitative estimate of drug-likeness (QED) is 0.598. The van der Waals surface area contributed by atoms with Crippen LogP contribution in [0.3, 0.4) is 0 Å². The summed E-state index contributed by atoms with van der Waals surface area (Å²) in [7, 11) is 0. The lowest BCUT2D eigenvalue weighted by molar-refractivity contribution is 0.162. The fourth-order valence-corrected chi connectivity index (χ4v) is 2.03. The van der Waals surface area contributed by atoms with Gasteiger partial charge in [0.05, 0.1) is 6.54 Å². The second-order valence-electron chi connectivity index (χ2n) is 4.12. The third kappa shape index (κ3) is 1.36. The Morgan fingerprint density at radius 2 is 2.35 bits per heavy atom. The molecule has 0 bridgehead atoms. The molecule has 2 aliphatic rings. The molecular formula is C10H13N7. The summed E-state index contributed by atoms with van der Waals surface area (Å²) in [4.78, 5) is 10.4. The van der Waals surface area contributed by atoms with Crippen molar-refractivity contribution in [3.8, 4) is 0 Å². The molecule has 5 N–H and O–H groups in total. The zero-order valence-corrected chi connectivity index (χ0v) is 9.38. The predicted molar refractivity (Wildman–Crippen MR) is 64.1 cm³/mol. The molecule has 1 unspecified atom stereocenters. The Morgan fingerprint density at radius 1 is 1.53 bits per heavy atom. The minimum absolute atomic E-state index is 0.360. The van der Waals surface area contributed by atoms with E-state index in [0.29, 0.717) is 18.1 Å². The smallest absolute Gasteiger partial charge is 0.234 e. The van der Waals surface area contributed by atoms with Gasteiger partial charge in [0.25, 0.3) is 0 Å². The molecular weight excluding hydrogens is 218 g/mol. The molecule has 17 heavy (non-hydrogen) atoms. The number of hydrogen-bond acceptors (Lipinski definition) is 6. The number of nitrogens with two attached hydrogens (primary N) is 2. The number of aromatic amines is 1. The molecule has 3 rings (SSSR count). The lowest BCUT2D eigenvalue weighted by atomic mass is 10.1. The number of amidine groups is 1. The van der Waals surface area contributed by atoms with Gasteiger partial charge in [0.1, 0.15) is 17.4 Å². The monoisotopic (exact) mass is 231 g/mol. The largest absolute Gasteiger partial charge is 0.384 e. The van der Waals surface area contributed by atoms with Gasteiger partial charge in [-0.25, -0.2) is 9.98 Å². The highest BCUT2D eigenvalue weighted by Gasteiger charge is 2.41. The van der Waals surface area contributed by atoms with Crippen molar-refractivity contribution in [1.29, 1.82) is 0 Å². The van der Waals surface area contributed by atoms with E-state index in [1.54, 1.807) is 12.3 Å². The van der Waals surface area contributed by atoms with Crippen molar-refractivity contribution in [3.63, 3.8) is 0 Å². The Kier molecular flexibility index (Phi) is 1.87. The molecule has 0 radical (unpaired) electrons. The molecule has 7 heteroatoms. The van der Waals surface area contributed by atoms with Gasteiger partial charge in [-0.3, -0.25) is 10.8 Å². The molecule has 2 aliphatic heterocycles. The molecule has 0 fully saturated rings. The number of nitrogens with zero attached hydrogens (tertiary/aromatic N) is 4. The number of aromatic nitrogens is 2. The van der Waals surface area contributed by atoms with Gasteiger partial charge in [-0.15, -0.1) is 0 Å². The number of H-pyrrole nitrogens is 1. The zero-order valence-electron chi connectivity index (χ0n) is 9.38. The normalized spacial score (nSPS) is 26.8. The molecule has 0 aliphatic carbocycles. The highest BCUT2D eigenvalue weighted by Crippen LogP contribution is 2.32. The molecule has 0 saturated carbocycles. The van der Waals surface area contributed by atoms with Gasteiger partial charge in [0.15, 0.2) is 0 Å². The van der Waals surface area contributed by atoms with Crippen LogP contribution in [0.1, 0.15) is 11.4 Å². The van der Waals surface area contributed by atoms with Crippen molar-refractivity contribution in [2.45, 2.75) is 12.7 Å². The van der Waals surface area contributed by atoms with Gasteiger partial charge in [0, 0.05) is 18.0 Å². The Balaban J connectivity index is 2.11. The van der Waals surface area contributed by atoms with Crippen LogP contribution in [-0.2, 0) is 5.79 Å². The third-order valence-electron chi connectivity index (χ3n) is 2.84. The van der Waals surface area contributed by atoms with Gasteiger partial charge in [-0.05, 0) is 13.0 Å². The van der Waals surface area contributed by atoms with Crippen molar-refractivity contribution in [3.05, 3.63) is 29.4 Å². The van der Waals surface area contributed by atoms with E-state index in [-0.39, 0.29) is 0 Å². The second kappa shape index (κ2) is 3.17. The minimum Gasteiger partial charge on any atom is -0.384 e. The van der Waals surface area contributed by atoms with Crippen LogP contribution in [0, 0.1) is 6.92 Å². The van der Waals surface area contributed by atoms with Crippen LogP contribution in [0.4, 0.5) is 0 Å². The summed E-state index contributed by atoms with van der Waals surface area (Å²) >= 11 is 0. The number of rotatable bonds is 1. The van der Waals surface area contributed by atoms with E-state index in [4.69, 9.17) is 11.5 Å². The first-order valence-corrected chi connectivity index (χ1v) is 5.28. The summed E-state index contributed by atoms with van der Waals surface area (Å²) in [6.45, 7) is 2.51. The number of fused-ring (bicyclic) bond motifs is 1. The van der Waals surface area contributed by atoms with Crippen molar-refractivity contribution < 1.29 is 0 Å². The molecule has 3 heterocycles. The molecule has 7 nitrogen and oxygen atoms in total. The van der Waals surface area contributed by atoms with Crippen molar-refractivity contribution in [2.75, 3.05) is 6.54 Å². The van der Waals surface area contributed by atoms with Gasteiger partial charge >= 0.3 is 0 Å². The first-order valence-electron chi connectivity index (χ1n) is 5.28. The summed E-state index contributed by atoms with van der Waals surface area (Å²) in [5, 5.41) is 7.03. The third-order valence-corrected chi connectivity index (χ3v) is 2.84. The highest BCUT2D eigenvalue weighted by atomic mass is 15.5. The summed E-state index contributed by atoms with van der Waals surface area (Å²) in [5.74, 6) is 0.00852. The first kappa shape index (κ1) is 10.0. The number of aryl methyl sites for hydroxylation is 1. The Bertz CT molecular complexity index is 553. The van der Waals surface area contributed by atoms with Crippen LogP contribution in [0.2, 0.25) is 0 Å². The Labute approximate surface area is 97.9 Å². The molecule has 0 amide bonds. The maximum Gasteiger partial charge on any atom is 0.234 e. The van der Waals surface area contributed by atoms with Crippen molar-refractivity contribution >= 4 is 12.1 Å². The van der Waals surface area contributed by atoms with Crippen LogP contribution in [-0.4, -0.2) is 33.7 Å². The molecule has 0 spiro atoms. The van der Waals surface area contributed by atoms with E-state index in [2.05, 4.69) is 20.2 Å². The van der Waals surface area contributed by atoms with Crippen LogP contribution in [0.25, 0.3) is 0 Å². The fraction of sp³-hybridized carbons (Fsp3) is 0.300. The highest BCUT2D eigenvalue weighted by molar-refractivity contribution is 5.93. The number of nitrogens with one attached hydrogen (secondary N) is 1. The summed E-state index contributed by atoms with van der Waals surface area (Å²) < 4.78 is 0. The molecule has 1 atom stereocenters. The van der Waals surface area contributed by atoms with E-state index in [1.807, 2.05) is 17.9 Å². The Morgan fingerprint density at radius 3 is 3.06 bits per heavy atom. The molecule has 1 aromatic rings. The number of aliphatic imine (C=N–C) groups is 2. The summed E-state index contributed by atoms with van der Waals surface area (Å²) in [6.07, 6.45) is 3.48. The van der Waals surface area contributed by atoms with E-state index < -0.39 is 5.79 Å². The second-order valence-corrected chi connectivity index (χ2v) is 4.12. The van der Waals surface area contributed by atoms with E-state index >= 15 is 0 Å². The van der Waals surface area contributed by atoms with E-state index in [9.17, 15) is 0 Å². The molecule has 0 saturated heterocycles. The van der Waals surface area contributed by atoms with Crippen molar-refractivity contribution in [1.82, 2.24) is 15.1 Å². The number of hydrogen-bond donors (Lipinski definition) is 3. The Hall–Kier alpha value is -2.15. The summed E-state index contributed by atoms with van der Waals surface area (Å²) in [5.41, 5.74) is 13.6. The van der Waals surface area contributed by atoms with Gasteiger partial charge in [0.2, 0.25) is 5.79 Å². The van der Waals surface area contributed by atoms with Crippen LogP contribution in [0.5, 0.6) is 0 Å². The summed E-state index contributed by atoms with van der Waals surface area (Å²) in [6, 6.07) is 1.86. The molecule has 0 aromatic carbocycles. The maximum absolute atomic E-state index is 6.32. The maximum atomic E-state index is 6.32. The lowest BCUT2D eigenvalue weighted by Crippen LogP contribution is -2.53. The first-order chi connectivity index (χ1) is 8.09. The predicted octanol–water partition coefficient (Wildman–Crippen LogP) is -0.614. The van der Waals surface area contributed by atoms with Crippen molar-refractivity contribution in [2.24, 2.45) is 21.5 Å². The molecule has 1 aromatic heterocycles. The lowest BCUT2D eigenvalue weighted by Gasteiger charge is -2.37. The minimum atomic E-state index is -1.07. The van der Waals surface area contributed by atoms with Gasteiger partial charge < -0.3 is 10.6 Å². The standard InChI is InChI=1S/C10H13N7/c1-6-4-7(16-15-6)10(12)14-8(11)5-9-13-2-3-17(9)10/h2,4-5H,3,12H2,1H3,(H2,11,14)(H,15,16). The van der Waals surface area contributed by atoms with Crippen LogP contribution < -0.4 is 11.5 Å². The van der Waals surface area contributed by atoms with Crippen LogP contribution >= 0.6 is 0 Å². The molecule has 88 valence electrons. The van der Waals surface area contributed by atoms with E-state index in [0.717, 1.165) is 11.5 Å². The SMILES string of the molecule is Cc1cc(C2(N)N=C(N)C=C3N=CCN32)n[nH]1. The van der Waals surface area contributed by atoms with Gasteiger partial charge in [-0.1, -0.05) is 0 Å². The topological polar surface area (TPSA) is 109 Å². The zero-order chi connectivity index (χ0) is 12.0.